The number of rotatable bonds is 3. The molecule has 6 heteroatoms. The number of likely N-dealkylation sites (tertiary alicyclic amines) is 1. The van der Waals surface area contributed by atoms with Crippen molar-refractivity contribution in [2.75, 3.05) is 20.7 Å². The summed E-state index contributed by atoms with van der Waals surface area (Å²) in [5, 5.41) is 88.7. The number of nitrogens with zero attached hydrogens (tertiary/aromatic N) is 1. The molecule has 348 valence electrons. The van der Waals surface area contributed by atoms with Crippen LogP contribution in [0, 0.1) is 5.92 Å². The molecule has 3 atom stereocenters. The number of likely N-dealkylation sites (N-methyl/N-ethyl adjacent to an activating group) is 1. The van der Waals surface area contributed by atoms with Crippen LogP contribution in [0.2, 0.25) is 0 Å². The number of methoxy groups -OCH3 is 1. The van der Waals surface area contributed by atoms with Gasteiger partial charge in [-0.25, -0.2) is 9.59 Å². The Morgan fingerprint density at radius 3 is 0.848 bits per heavy atom. The largest absolute Gasteiger partial charge is 0.467 e. The van der Waals surface area contributed by atoms with Gasteiger partial charge in [0.25, 0.3) is 0 Å². The number of esters is 1. The standard InChI is InChI=1S/C73H22N2O4/c1-70(2,3)79-69(77)74-72(68(76)78-5)6-8(72)67-73-65-59-53-43-31-23-15-11-9-10-13-17(15)25(31)35-29-21(13)22-14(10)18-16-12(9)20-19(11)27-33(23)41-47-37(27)38-28(20)34-24(16)32-26(18)36-30(22)40-39(29)51(45(35)53)61(65)62-52(40)46(36)54-44(32)50-42(34)48(38)56-55(47)63(57(59)49(41)43)71(73,7-75(67)4)64(56)58(50)60(54)66(62)73/h8,67H,6-7H2,1-5H3,(H,74,77)/t8-,67?,71?,72-,73?/m0/s1. The number of ether oxygens (including phenoxy) is 2. The lowest BCUT2D eigenvalue weighted by Gasteiger charge is -2.52. The van der Waals surface area contributed by atoms with Crippen molar-refractivity contribution in [1.82, 2.24) is 10.2 Å². The van der Waals surface area contributed by atoms with Crippen molar-refractivity contribution in [3.63, 3.8) is 0 Å². The first kappa shape index (κ1) is 32.2. The summed E-state index contributed by atoms with van der Waals surface area (Å²) in [6.07, 6.45) is -0.0497. The zero-order valence-electron chi connectivity index (χ0n) is 42.1. The minimum atomic E-state index is -1.26. The molecule has 2 spiro atoms. The molecule has 0 radical (unpaired) electrons. The van der Waals surface area contributed by atoms with E-state index >= 15 is 4.79 Å². The lowest BCUT2D eigenvalue weighted by molar-refractivity contribution is -0.145. The molecule has 1 amide bonds. The first-order valence-corrected chi connectivity index (χ1v) is 29.2. The molecule has 1 aliphatic heterocycles. The molecule has 0 bridgehead atoms. The molecular weight excluding hydrogens is 969 g/mol. The van der Waals surface area contributed by atoms with Gasteiger partial charge in [0.05, 0.1) is 17.9 Å². The van der Waals surface area contributed by atoms with E-state index in [-0.39, 0.29) is 17.9 Å². The Labute approximate surface area is 434 Å². The zero-order chi connectivity index (χ0) is 48.9. The first-order valence-electron chi connectivity index (χ1n) is 29.2. The second-order valence-electron chi connectivity index (χ2n) is 29.7. The Kier molecular flexibility index (Phi) is 2.99. The summed E-state index contributed by atoms with van der Waals surface area (Å²) < 4.78 is 12.0. The van der Waals surface area contributed by atoms with E-state index in [9.17, 15) is 4.79 Å². The minimum absolute atomic E-state index is 0.155. The highest BCUT2D eigenvalue weighted by atomic mass is 16.6. The van der Waals surface area contributed by atoms with Gasteiger partial charge in [-0.15, -0.1) is 0 Å². The first-order chi connectivity index (χ1) is 38.7. The van der Waals surface area contributed by atoms with Crippen LogP contribution in [0.25, 0.3) is 291 Å². The van der Waals surface area contributed by atoms with Gasteiger partial charge >= 0.3 is 12.1 Å². The van der Waals surface area contributed by atoms with Crippen molar-refractivity contribution in [1.29, 1.82) is 0 Å². The van der Waals surface area contributed by atoms with Crippen molar-refractivity contribution in [2.24, 2.45) is 5.92 Å². The molecule has 0 aromatic heterocycles. The highest BCUT2D eigenvalue weighted by Gasteiger charge is 2.81. The number of hydrogen-bond acceptors (Lipinski definition) is 5. The third-order valence-corrected chi connectivity index (χ3v) is 27.6. The van der Waals surface area contributed by atoms with Crippen LogP contribution in [0.3, 0.4) is 0 Å². The highest BCUT2D eigenvalue weighted by molar-refractivity contribution is 6.82. The summed E-state index contributed by atoms with van der Waals surface area (Å²) >= 11 is 0. The van der Waals surface area contributed by atoms with Gasteiger partial charge in [0.1, 0.15) is 11.1 Å². The van der Waals surface area contributed by atoms with E-state index in [1.54, 1.807) is 313 Å². The van der Waals surface area contributed by atoms with Crippen LogP contribution in [0.15, 0.2) is 0 Å². The number of benzene rings is 18. The summed E-state index contributed by atoms with van der Waals surface area (Å²) in [6.45, 7) is 6.58. The molecule has 1 heterocycles. The van der Waals surface area contributed by atoms with Crippen LogP contribution in [0.1, 0.15) is 49.4 Å². The van der Waals surface area contributed by atoms with E-state index < -0.39 is 28.1 Å². The Hall–Kier alpha value is -8.84. The number of carbonyl (C=O) groups excluding carboxylic acids is 2. The fourth-order valence-corrected chi connectivity index (χ4v) is 27.5. The van der Waals surface area contributed by atoms with Gasteiger partial charge in [0, 0.05) is 18.5 Å². The van der Waals surface area contributed by atoms with Crippen LogP contribution >= 0.6 is 0 Å². The van der Waals surface area contributed by atoms with Crippen LogP contribution in [0.5, 0.6) is 0 Å². The van der Waals surface area contributed by atoms with E-state index in [0.717, 1.165) is 6.54 Å². The number of carbonyl (C=O) groups is 2. The summed E-state index contributed by atoms with van der Waals surface area (Å²) in [7, 11) is 3.94. The lowest BCUT2D eigenvalue weighted by Crippen LogP contribution is -2.57. The van der Waals surface area contributed by atoms with Crippen molar-refractivity contribution >= 4 is 303 Å². The molecule has 5 aliphatic carbocycles. The summed E-state index contributed by atoms with van der Waals surface area (Å²) in [6, 6.07) is -0.155. The van der Waals surface area contributed by atoms with Gasteiger partial charge in [-0.1, -0.05) is 0 Å². The van der Waals surface area contributed by atoms with Crippen molar-refractivity contribution in [3.05, 3.63) is 22.3 Å². The maximum atomic E-state index is 15.1. The van der Waals surface area contributed by atoms with Gasteiger partial charge < -0.3 is 19.7 Å². The predicted molar refractivity (Wildman–Crippen MR) is 323 cm³/mol. The lowest BCUT2D eigenvalue weighted by atomic mass is 9.47. The normalized spacial score (nSPS) is 26.1. The van der Waals surface area contributed by atoms with Gasteiger partial charge in [-0.05, 0) is 347 Å². The smallest absolute Gasteiger partial charge is 0.408 e. The SMILES string of the molecule is COC(=O)[C@]1(NC(=O)OC(C)(C)C)C[C@H]1C1N(C)CC23c4c5c6c7c8c9c(c%10c%11c2c2c4c4c%12c5c5c6c6c8c8c%13c9c9c%10c%10c%11c%11c2c2c4c4c%12c%12c5c5c6c8c6c8c%13c9c9c%10c%10c%11c2c2c4c4c%12c5c6c5c8c9c%10c2c45)C713. The molecular formula is C73H22N2O4. The average molecular weight is 991 g/mol. The van der Waals surface area contributed by atoms with Crippen molar-refractivity contribution in [2.45, 2.75) is 55.2 Å². The maximum Gasteiger partial charge on any atom is 0.408 e. The van der Waals surface area contributed by atoms with Gasteiger partial charge in [-0.2, -0.15) is 0 Å². The average Bonchev–Trinajstić information content (AvgIpc) is 1.42. The van der Waals surface area contributed by atoms with Crippen molar-refractivity contribution in [3.8, 4) is 0 Å². The second-order valence-corrected chi connectivity index (χ2v) is 29.7. The molecule has 1 unspecified atom stereocenters. The number of amides is 1. The molecule has 34 rings (SSSR count). The topological polar surface area (TPSA) is 67.9 Å². The molecule has 28 aromatic rings. The van der Waals surface area contributed by atoms with E-state index in [2.05, 4.69) is 17.3 Å². The summed E-state index contributed by atoms with van der Waals surface area (Å²) in [5.41, 5.74) is 3.35. The van der Waals surface area contributed by atoms with Crippen LogP contribution in [0.4, 0.5) is 4.79 Å². The summed E-state index contributed by atoms with van der Waals surface area (Å²) in [4.78, 5) is 32.3. The van der Waals surface area contributed by atoms with E-state index in [4.69, 9.17) is 9.47 Å². The third kappa shape index (κ3) is 1.85. The predicted octanol–water partition coefficient (Wildman–Crippen LogP) is 17.1. The van der Waals surface area contributed by atoms with E-state index in [1.165, 1.54) is 7.11 Å². The zero-order valence-corrected chi connectivity index (χ0v) is 42.1. The number of hydrogen-bond donors (Lipinski definition) is 1. The van der Waals surface area contributed by atoms with Crippen LogP contribution in [-0.2, 0) is 25.1 Å². The molecule has 1 saturated carbocycles. The molecule has 1 saturated heterocycles. The third-order valence-electron chi connectivity index (χ3n) is 27.6. The van der Waals surface area contributed by atoms with Gasteiger partial charge in [0.2, 0.25) is 0 Å². The maximum absolute atomic E-state index is 15.1. The molecule has 6 nitrogen and oxygen atoms in total. The Morgan fingerprint density at radius 2 is 0.620 bits per heavy atom. The highest BCUT2D eigenvalue weighted by Crippen LogP contribution is 2.87. The molecule has 2 fully saturated rings. The van der Waals surface area contributed by atoms with Crippen molar-refractivity contribution < 1.29 is 19.1 Å². The number of alkyl carbamates (subject to hydrolysis) is 1. The van der Waals surface area contributed by atoms with Crippen LogP contribution in [-0.4, -0.2) is 54.8 Å². The van der Waals surface area contributed by atoms with Crippen LogP contribution < -0.4 is 5.32 Å². The Bertz CT molecular complexity index is 7460. The van der Waals surface area contributed by atoms with Gasteiger partial charge in [0.15, 0.2) is 0 Å². The fraction of sp³-hybridized carbons (Fsp3) is 0.178. The Morgan fingerprint density at radius 1 is 0.392 bits per heavy atom. The van der Waals surface area contributed by atoms with E-state index in [1.807, 2.05) is 20.8 Å². The van der Waals surface area contributed by atoms with Gasteiger partial charge in [-0.3, -0.25) is 0 Å². The monoisotopic (exact) mass is 990 g/mol. The molecule has 6 aliphatic rings. The molecule has 1 N–H and O–H groups in total. The van der Waals surface area contributed by atoms with E-state index in [0.29, 0.717) is 6.42 Å². The Balaban J connectivity index is 1.01. The second kappa shape index (κ2) is 7.34. The quantitative estimate of drug-likeness (QED) is 0.141. The molecule has 79 heavy (non-hydrogen) atoms. The molecule has 28 aromatic carbocycles. The fourth-order valence-electron chi connectivity index (χ4n) is 27.5. The summed E-state index contributed by atoms with van der Waals surface area (Å²) in [5.74, 6) is -0.608. The minimum Gasteiger partial charge on any atom is -0.467 e. The number of nitrogens with one attached hydrogen (secondary N) is 1.